The van der Waals surface area contributed by atoms with Crippen LogP contribution in [0.15, 0.2) is 71.8 Å². The summed E-state index contributed by atoms with van der Waals surface area (Å²) in [5.41, 5.74) is 4.25. The lowest BCUT2D eigenvalue weighted by atomic mass is 9.87. The Hall–Kier alpha value is -4.54. The molecule has 2 aromatic heterocycles. The molecule has 0 saturated heterocycles. The van der Waals surface area contributed by atoms with Crippen molar-refractivity contribution in [3.63, 3.8) is 0 Å². The third-order valence-corrected chi connectivity index (χ3v) is 8.60. The van der Waals surface area contributed by atoms with Gasteiger partial charge in [0.05, 0.1) is 21.5 Å². The number of phenols is 1. The number of rotatable bonds is 9. The van der Waals surface area contributed by atoms with E-state index >= 15 is 0 Å². The largest absolute Gasteiger partial charge is 0.507 e. The van der Waals surface area contributed by atoms with E-state index in [1.54, 1.807) is 69.4 Å². The Kier molecular flexibility index (Phi) is 8.57. The van der Waals surface area contributed by atoms with Crippen LogP contribution in [0.4, 0.5) is 0 Å². The Labute approximate surface area is 262 Å². The molecule has 0 aliphatic rings. The minimum absolute atomic E-state index is 0.0895. The molecule has 234 valence electrons. The molecule has 0 aliphatic carbocycles. The standard InChI is InChI=1S/C35H36N2O7S/c1-7-22-15-16-36-32-25(11-13-27(38)30(22)32)31-24-12-14-28(43-19-21-9-8-10-23(18-21)45(6,41)42)37-26(24)17-20(2)29(31)33(34(39)40)44-35(3,4)5/h8-18,33,38H,7,19H2,1-6H3,(H,39,40)/t33-/m0/s1. The maximum absolute atomic E-state index is 12.8. The molecule has 0 fully saturated rings. The lowest BCUT2D eigenvalue weighted by Crippen LogP contribution is -2.28. The van der Waals surface area contributed by atoms with E-state index < -0.39 is 27.5 Å². The van der Waals surface area contributed by atoms with E-state index in [0.717, 1.165) is 11.8 Å². The van der Waals surface area contributed by atoms with Crippen LogP contribution in [0.5, 0.6) is 11.6 Å². The Bertz CT molecular complexity index is 2050. The fourth-order valence-electron chi connectivity index (χ4n) is 5.53. The number of benzene rings is 3. The van der Waals surface area contributed by atoms with Gasteiger partial charge >= 0.3 is 5.97 Å². The topological polar surface area (TPSA) is 136 Å². The normalized spacial score (nSPS) is 12.8. The van der Waals surface area contributed by atoms with Crippen molar-refractivity contribution in [3.05, 3.63) is 89.1 Å². The summed E-state index contributed by atoms with van der Waals surface area (Å²) in [6, 6.07) is 17.1. The molecule has 2 N–H and O–H groups in total. The summed E-state index contributed by atoms with van der Waals surface area (Å²) < 4.78 is 36.1. The molecule has 0 amide bonds. The van der Waals surface area contributed by atoms with Crippen molar-refractivity contribution in [2.75, 3.05) is 6.26 Å². The molecule has 45 heavy (non-hydrogen) atoms. The number of carbonyl (C=O) groups is 1. The highest BCUT2D eigenvalue weighted by atomic mass is 32.2. The fourth-order valence-corrected chi connectivity index (χ4v) is 6.22. The van der Waals surface area contributed by atoms with E-state index in [1.807, 2.05) is 26.0 Å². The highest BCUT2D eigenvalue weighted by Crippen LogP contribution is 2.44. The van der Waals surface area contributed by atoms with Gasteiger partial charge in [0.2, 0.25) is 5.88 Å². The van der Waals surface area contributed by atoms with Crippen molar-refractivity contribution >= 4 is 37.6 Å². The smallest absolute Gasteiger partial charge is 0.337 e. The number of aliphatic carboxylic acids is 1. The second-order valence-corrected chi connectivity index (χ2v) is 14.1. The number of pyridine rings is 2. The molecule has 0 aliphatic heterocycles. The number of aromatic nitrogens is 2. The van der Waals surface area contributed by atoms with Crippen LogP contribution in [0.2, 0.25) is 0 Å². The van der Waals surface area contributed by atoms with Gasteiger partial charge in [-0.2, -0.15) is 0 Å². The van der Waals surface area contributed by atoms with E-state index in [2.05, 4.69) is 4.98 Å². The Morgan fingerprint density at radius 2 is 1.80 bits per heavy atom. The van der Waals surface area contributed by atoms with Crippen molar-refractivity contribution in [3.8, 4) is 22.8 Å². The van der Waals surface area contributed by atoms with Crippen LogP contribution >= 0.6 is 0 Å². The molecule has 3 aromatic carbocycles. The first-order valence-electron chi connectivity index (χ1n) is 14.5. The average Bonchev–Trinajstić information content (AvgIpc) is 2.97. The maximum Gasteiger partial charge on any atom is 0.337 e. The zero-order chi connectivity index (χ0) is 32.7. The Balaban J connectivity index is 1.72. The fraction of sp³-hybridized carbons (Fsp3) is 0.286. The minimum Gasteiger partial charge on any atom is -0.507 e. The lowest BCUT2D eigenvalue weighted by Gasteiger charge is -2.28. The average molecular weight is 629 g/mol. The van der Waals surface area contributed by atoms with Crippen LogP contribution in [0.1, 0.15) is 56.1 Å². The van der Waals surface area contributed by atoms with Gasteiger partial charge in [-0.05, 0) is 98.8 Å². The summed E-state index contributed by atoms with van der Waals surface area (Å²) in [6.45, 7) is 9.33. The zero-order valence-electron chi connectivity index (χ0n) is 26.1. The Morgan fingerprint density at radius 1 is 1.04 bits per heavy atom. The van der Waals surface area contributed by atoms with E-state index in [0.29, 0.717) is 61.9 Å². The van der Waals surface area contributed by atoms with Crippen molar-refractivity contribution in [2.45, 2.75) is 64.2 Å². The van der Waals surface area contributed by atoms with Gasteiger partial charge in [0.15, 0.2) is 15.9 Å². The van der Waals surface area contributed by atoms with Gasteiger partial charge in [0, 0.05) is 40.4 Å². The highest BCUT2D eigenvalue weighted by Gasteiger charge is 2.32. The SMILES string of the molecule is CCc1ccnc2c(-c3c([C@H](OC(C)(C)C)C(=O)O)c(C)cc4nc(OCc5cccc(S(C)(=O)=O)c5)ccc34)ccc(O)c12. The maximum atomic E-state index is 12.8. The molecule has 10 heteroatoms. The first kappa shape index (κ1) is 31.9. The summed E-state index contributed by atoms with van der Waals surface area (Å²) in [6.07, 6.45) is 2.20. The molecular formula is C35H36N2O7S. The number of ether oxygens (including phenoxy) is 2. The predicted molar refractivity (Wildman–Crippen MR) is 173 cm³/mol. The number of hydrogen-bond acceptors (Lipinski definition) is 8. The van der Waals surface area contributed by atoms with Gasteiger partial charge in [0.1, 0.15) is 12.4 Å². The molecule has 0 radical (unpaired) electrons. The monoisotopic (exact) mass is 628 g/mol. The predicted octanol–water partition coefficient (Wildman–Crippen LogP) is 6.95. The molecule has 0 bridgehead atoms. The number of carboxylic acid groups (broad SMARTS) is 1. The zero-order valence-corrected chi connectivity index (χ0v) is 26.9. The molecular weight excluding hydrogens is 592 g/mol. The van der Waals surface area contributed by atoms with Gasteiger partial charge < -0.3 is 19.7 Å². The van der Waals surface area contributed by atoms with E-state index in [4.69, 9.17) is 14.5 Å². The molecule has 0 spiro atoms. The molecule has 5 rings (SSSR count). The molecule has 2 heterocycles. The molecule has 5 aromatic rings. The van der Waals surface area contributed by atoms with Crippen LogP contribution in [0.3, 0.4) is 0 Å². The van der Waals surface area contributed by atoms with Crippen LogP contribution in [-0.2, 0) is 32.4 Å². The third kappa shape index (κ3) is 6.62. The number of aromatic hydroxyl groups is 1. The number of sulfone groups is 1. The summed E-state index contributed by atoms with van der Waals surface area (Å²) in [5, 5.41) is 22.6. The number of nitrogens with zero attached hydrogens (tertiary/aromatic N) is 2. The number of fused-ring (bicyclic) bond motifs is 2. The second kappa shape index (κ2) is 12.1. The molecule has 0 saturated carbocycles. The number of hydrogen-bond donors (Lipinski definition) is 2. The van der Waals surface area contributed by atoms with Crippen LogP contribution in [-0.4, -0.2) is 46.4 Å². The Morgan fingerprint density at radius 3 is 2.47 bits per heavy atom. The van der Waals surface area contributed by atoms with Crippen molar-refractivity contribution in [1.82, 2.24) is 9.97 Å². The number of aryl methyl sites for hydroxylation is 2. The molecule has 9 nitrogen and oxygen atoms in total. The number of phenolic OH excluding ortho intramolecular Hbond substituents is 1. The lowest BCUT2D eigenvalue weighted by molar-refractivity contribution is -0.160. The van der Waals surface area contributed by atoms with Gasteiger partial charge in [-0.25, -0.2) is 18.2 Å². The first-order chi connectivity index (χ1) is 21.2. The van der Waals surface area contributed by atoms with Crippen molar-refractivity contribution in [1.29, 1.82) is 0 Å². The van der Waals surface area contributed by atoms with E-state index in [-0.39, 0.29) is 17.3 Å². The van der Waals surface area contributed by atoms with Crippen molar-refractivity contribution < 1.29 is 32.9 Å². The van der Waals surface area contributed by atoms with Crippen LogP contribution < -0.4 is 4.74 Å². The third-order valence-electron chi connectivity index (χ3n) is 7.49. The van der Waals surface area contributed by atoms with E-state index in [1.165, 1.54) is 6.07 Å². The molecule has 1 atom stereocenters. The van der Waals surface area contributed by atoms with Crippen LogP contribution in [0.25, 0.3) is 32.9 Å². The van der Waals surface area contributed by atoms with Gasteiger partial charge in [0.25, 0.3) is 0 Å². The summed E-state index contributed by atoms with van der Waals surface area (Å²) >= 11 is 0. The van der Waals surface area contributed by atoms with Gasteiger partial charge in [-0.15, -0.1) is 0 Å². The van der Waals surface area contributed by atoms with Crippen LogP contribution in [0, 0.1) is 6.92 Å². The molecule has 0 unspecified atom stereocenters. The number of carboxylic acids is 1. The quantitative estimate of drug-likeness (QED) is 0.178. The highest BCUT2D eigenvalue weighted by molar-refractivity contribution is 7.90. The summed E-state index contributed by atoms with van der Waals surface area (Å²) in [7, 11) is -3.37. The minimum atomic E-state index is -3.37. The summed E-state index contributed by atoms with van der Waals surface area (Å²) in [4.78, 5) is 22.4. The summed E-state index contributed by atoms with van der Waals surface area (Å²) in [5.74, 6) is -0.733. The van der Waals surface area contributed by atoms with Crippen molar-refractivity contribution in [2.24, 2.45) is 0 Å². The second-order valence-electron chi connectivity index (χ2n) is 12.0. The van der Waals surface area contributed by atoms with Gasteiger partial charge in [-0.3, -0.25) is 4.98 Å². The van der Waals surface area contributed by atoms with Gasteiger partial charge in [-0.1, -0.05) is 19.1 Å². The first-order valence-corrected chi connectivity index (χ1v) is 16.4. The van der Waals surface area contributed by atoms with E-state index in [9.17, 15) is 23.4 Å².